The maximum absolute atomic E-state index is 12.9. The predicted molar refractivity (Wildman–Crippen MR) is 108 cm³/mol. The lowest BCUT2D eigenvalue weighted by Crippen LogP contribution is -2.14. The van der Waals surface area contributed by atoms with E-state index >= 15 is 0 Å². The van der Waals surface area contributed by atoms with Gasteiger partial charge in [-0.3, -0.25) is 4.79 Å². The minimum absolute atomic E-state index is 0.143. The third kappa shape index (κ3) is 2.83. The van der Waals surface area contributed by atoms with Crippen molar-refractivity contribution in [2.45, 2.75) is 58.0 Å². The van der Waals surface area contributed by atoms with Crippen molar-refractivity contribution in [3.8, 4) is 5.69 Å². The normalized spacial score (nSPS) is 15.7. The molecule has 0 fully saturated rings. The number of hydrogen-bond acceptors (Lipinski definition) is 5. The van der Waals surface area contributed by atoms with E-state index in [0.29, 0.717) is 15.6 Å². The Morgan fingerprint density at radius 2 is 1.82 bits per heavy atom. The van der Waals surface area contributed by atoms with Gasteiger partial charge in [0.2, 0.25) is 5.78 Å². The van der Waals surface area contributed by atoms with Gasteiger partial charge in [0.05, 0.1) is 10.6 Å². The van der Waals surface area contributed by atoms with E-state index in [2.05, 4.69) is 16.1 Å². The van der Waals surface area contributed by atoms with E-state index in [1.54, 1.807) is 19.9 Å². The maximum Gasteiger partial charge on any atom is 0.224 e. The Labute approximate surface area is 168 Å². The molecular formula is C22H23N3O2S. The second-order valence-corrected chi connectivity index (χ2v) is 9.30. The molecule has 2 heterocycles. The Balaban J connectivity index is 1.53. The zero-order chi connectivity index (χ0) is 19.5. The van der Waals surface area contributed by atoms with Gasteiger partial charge in [-0.1, -0.05) is 6.07 Å². The number of carbonyl (C=O) groups excluding carboxylic acids is 1. The molecule has 0 amide bonds. The average molecular weight is 394 g/mol. The summed E-state index contributed by atoms with van der Waals surface area (Å²) in [6, 6.07) is 4.20. The van der Waals surface area contributed by atoms with Crippen molar-refractivity contribution in [1.82, 2.24) is 14.8 Å². The molecule has 144 valence electrons. The van der Waals surface area contributed by atoms with Gasteiger partial charge in [0, 0.05) is 12.4 Å². The number of fused-ring (bicyclic) bond motifs is 2. The van der Waals surface area contributed by atoms with E-state index in [0.717, 1.165) is 25.7 Å². The molecule has 0 saturated heterocycles. The smallest absolute Gasteiger partial charge is 0.224 e. The number of rotatable bonds is 4. The molecule has 1 aromatic carbocycles. The van der Waals surface area contributed by atoms with E-state index in [1.165, 1.54) is 58.3 Å². The molecule has 0 unspecified atom stereocenters. The fourth-order valence-electron chi connectivity index (χ4n) is 4.42. The highest BCUT2D eigenvalue weighted by Gasteiger charge is 2.27. The Morgan fingerprint density at radius 3 is 2.43 bits per heavy atom. The van der Waals surface area contributed by atoms with Crippen LogP contribution in [0.3, 0.4) is 0 Å². The molecule has 0 aliphatic heterocycles. The summed E-state index contributed by atoms with van der Waals surface area (Å²) in [5, 5.41) is 15.3. The van der Waals surface area contributed by atoms with Crippen LogP contribution in [0.2, 0.25) is 0 Å². The number of benzene rings is 1. The first-order chi connectivity index (χ1) is 13.4. The minimum atomic E-state index is -1.05. The summed E-state index contributed by atoms with van der Waals surface area (Å²) in [6.45, 7) is 3.34. The number of aromatic nitrogens is 3. The summed E-state index contributed by atoms with van der Waals surface area (Å²) >= 11 is 1.23. The Bertz CT molecular complexity index is 1060. The molecule has 0 atom stereocenters. The fourth-order valence-corrected chi connectivity index (χ4v) is 5.29. The SMILES string of the molecule is CC(C)(O)c1ncc(C(=O)c2ccn(-c3c4c(cc5c3CCC5)CCC4)n2)s1. The van der Waals surface area contributed by atoms with Crippen LogP contribution in [0, 0.1) is 0 Å². The number of aryl methyl sites for hydroxylation is 2. The lowest BCUT2D eigenvalue weighted by molar-refractivity contribution is 0.0783. The van der Waals surface area contributed by atoms with E-state index in [4.69, 9.17) is 0 Å². The third-order valence-electron chi connectivity index (χ3n) is 5.74. The molecule has 1 N–H and O–H groups in total. The number of hydrogen-bond donors (Lipinski definition) is 1. The van der Waals surface area contributed by atoms with Crippen LogP contribution in [0.15, 0.2) is 24.5 Å². The van der Waals surface area contributed by atoms with Gasteiger partial charge >= 0.3 is 0 Å². The number of nitrogens with zero attached hydrogens (tertiary/aromatic N) is 3. The molecule has 6 heteroatoms. The number of thiazole rings is 1. The van der Waals surface area contributed by atoms with Crippen molar-refractivity contribution in [3.05, 3.63) is 62.4 Å². The predicted octanol–water partition coefficient (Wildman–Crippen LogP) is 3.76. The van der Waals surface area contributed by atoms with Gasteiger partial charge < -0.3 is 5.11 Å². The van der Waals surface area contributed by atoms with Crippen molar-refractivity contribution in [3.63, 3.8) is 0 Å². The topological polar surface area (TPSA) is 68.0 Å². The van der Waals surface area contributed by atoms with Crippen LogP contribution in [0.25, 0.3) is 5.69 Å². The first-order valence-corrected chi connectivity index (χ1v) is 10.7. The lowest BCUT2D eigenvalue weighted by atomic mass is 9.99. The second-order valence-electron chi connectivity index (χ2n) is 8.27. The summed E-state index contributed by atoms with van der Waals surface area (Å²) in [6.07, 6.45) is 10.3. The van der Waals surface area contributed by atoms with Crippen LogP contribution in [-0.2, 0) is 31.3 Å². The van der Waals surface area contributed by atoms with Gasteiger partial charge in [0.25, 0.3) is 0 Å². The molecule has 0 spiro atoms. The third-order valence-corrected chi connectivity index (χ3v) is 7.05. The molecule has 5 rings (SSSR count). The fraction of sp³-hybridized carbons (Fsp3) is 0.409. The van der Waals surface area contributed by atoms with Crippen LogP contribution in [-0.4, -0.2) is 25.7 Å². The summed E-state index contributed by atoms with van der Waals surface area (Å²) in [5.41, 5.74) is 6.31. The lowest BCUT2D eigenvalue weighted by Gasteiger charge is -2.15. The van der Waals surface area contributed by atoms with Crippen LogP contribution in [0.1, 0.15) is 69.3 Å². The van der Waals surface area contributed by atoms with Crippen LogP contribution >= 0.6 is 11.3 Å². The van der Waals surface area contributed by atoms with E-state index < -0.39 is 5.60 Å². The van der Waals surface area contributed by atoms with Gasteiger partial charge in [-0.05, 0) is 80.7 Å². The summed E-state index contributed by atoms with van der Waals surface area (Å²) in [4.78, 5) is 17.6. The minimum Gasteiger partial charge on any atom is -0.383 e. The molecular weight excluding hydrogens is 370 g/mol. The molecule has 2 aliphatic carbocycles. The Morgan fingerprint density at radius 1 is 1.14 bits per heavy atom. The zero-order valence-corrected chi connectivity index (χ0v) is 17.0. The summed E-state index contributed by atoms with van der Waals surface area (Å²) in [7, 11) is 0. The highest BCUT2D eigenvalue weighted by atomic mass is 32.1. The van der Waals surface area contributed by atoms with Crippen LogP contribution in [0.4, 0.5) is 0 Å². The van der Waals surface area contributed by atoms with Crippen molar-refractivity contribution < 1.29 is 9.90 Å². The summed E-state index contributed by atoms with van der Waals surface area (Å²) in [5.74, 6) is -0.143. The maximum atomic E-state index is 12.9. The van der Waals surface area contributed by atoms with E-state index in [-0.39, 0.29) is 5.78 Å². The van der Waals surface area contributed by atoms with Crippen LogP contribution in [0.5, 0.6) is 0 Å². The van der Waals surface area contributed by atoms with E-state index in [1.807, 2.05) is 10.9 Å². The van der Waals surface area contributed by atoms with Crippen molar-refractivity contribution in [2.24, 2.45) is 0 Å². The molecule has 2 aliphatic rings. The first kappa shape index (κ1) is 17.8. The molecule has 5 nitrogen and oxygen atoms in total. The van der Waals surface area contributed by atoms with Gasteiger partial charge in [-0.2, -0.15) is 5.10 Å². The second kappa shape index (κ2) is 6.36. The molecule has 0 bridgehead atoms. The molecule has 2 aromatic heterocycles. The average Bonchev–Trinajstić information content (AvgIpc) is 3.44. The summed E-state index contributed by atoms with van der Waals surface area (Å²) < 4.78 is 1.92. The largest absolute Gasteiger partial charge is 0.383 e. The van der Waals surface area contributed by atoms with E-state index in [9.17, 15) is 9.90 Å². The van der Waals surface area contributed by atoms with Gasteiger partial charge in [0.15, 0.2) is 0 Å². The van der Waals surface area contributed by atoms with Crippen molar-refractivity contribution in [1.29, 1.82) is 0 Å². The van der Waals surface area contributed by atoms with Gasteiger partial charge in [-0.15, -0.1) is 11.3 Å². The highest BCUT2D eigenvalue weighted by molar-refractivity contribution is 7.14. The quantitative estimate of drug-likeness (QED) is 0.685. The monoisotopic (exact) mass is 393 g/mol. The molecule has 0 saturated carbocycles. The molecule has 0 radical (unpaired) electrons. The Hall–Kier alpha value is -2.31. The Kier molecular flexibility index (Phi) is 4.03. The first-order valence-electron chi connectivity index (χ1n) is 9.88. The highest BCUT2D eigenvalue weighted by Crippen LogP contribution is 2.37. The number of ketones is 1. The number of carbonyl (C=O) groups is 1. The van der Waals surface area contributed by atoms with Crippen molar-refractivity contribution >= 4 is 17.1 Å². The zero-order valence-electron chi connectivity index (χ0n) is 16.2. The van der Waals surface area contributed by atoms with Gasteiger partial charge in [0.1, 0.15) is 16.3 Å². The molecule has 3 aromatic rings. The number of aliphatic hydroxyl groups is 1. The van der Waals surface area contributed by atoms with Crippen LogP contribution < -0.4 is 0 Å². The molecule has 28 heavy (non-hydrogen) atoms. The van der Waals surface area contributed by atoms with Crippen molar-refractivity contribution in [2.75, 3.05) is 0 Å². The standard InChI is InChI=1S/C22H23N3O2S/c1-22(2,27)21-23-12-18(28-21)20(26)17-9-10-25(24-17)19-15-7-3-5-13(15)11-14-6-4-8-16(14)19/h9-12,27H,3-8H2,1-2H3. The van der Waals surface area contributed by atoms with Gasteiger partial charge in [-0.25, -0.2) is 9.67 Å².